The third-order valence-corrected chi connectivity index (χ3v) is 2.20. The van der Waals surface area contributed by atoms with Crippen LogP contribution in [0.2, 0.25) is 0 Å². The number of hydrogen-bond donors (Lipinski definition) is 1. The predicted molar refractivity (Wildman–Crippen MR) is 56.5 cm³/mol. The van der Waals surface area contributed by atoms with Crippen LogP contribution in [0.3, 0.4) is 0 Å². The van der Waals surface area contributed by atoms with E-state index in [1.54, 1.807) is 4.68 Å². The van der Waals surface area contributed by atoms with Gasteiger partial charge in [-0.15, -0.1) is 0 Å². The first kappa shape index (κ1) is 8.97. The summed E-state index contributed by atoms with van der Waals surface area (Å²) < 4.78 is 1.80. The summed E-state index contributed by atoms with van der Waals surface area (Å²) >= 11 is 0. The van der Waals surface area contributed by atoms with Crippen LogP contribution in [0.25, 0.3) is 11.3 Å². The lowest BCUT2D eigenvalue weighted by Gasteiger charge is -1.98. The molecule has 0 amide bonds. The first-order valence-corrected chi connectivity index (χ1v) is 4.58. The third-order valence-electron chi connectivity index (χ3n) is 2.20. The molecular weight excluding hydrogens is 174 g/mol. The quantitative estimate of drug-likeness (QED) is 0.775. The van der Waals surface area contributed by atoms with Crippen molar-refractivity contribution in [1.29, 1.82) is 0 Å². The summed E-state index contributed by atoms with van der Waals surface area (Å²) in [7, 11) is 1.91. The Bertz CT molecular complexity index is 414. The van der Waals surface area contributed by atoms with Gasteiger partial charge in [-0.2, -0.15) is 5.10 Å². The second kappa shape index (κ2) is 3.64. The van der Waals surface area contributed by atoms with Gasteiger partial charge in [-0.05, 0) is 11.6 Å². The Labute approximate surface area is 83.2 Å². The van der Waals surface area contributed by atoms with Crippen molar-refractivity contribution < 1.29 is 0 Å². The maximum absolute atomic E-state index is 5.52. The lowest BCUT2D eigenvalue weighted by molar-refractivity contribution is 0.771. The molecule has 0 saturated heterocycles. The second-order valence-electron chi connectivity index (χ2n) is 3.28. The topological polar surface area (TPSA) is 43.8 Å². The van der Waals surface area contributed by atoms with Gasteiger partial charge in [0, 0.05) is 25.4 Å². The van der Waals surface area contributed by atoms with Crippen molar-refractivity contribution in [1.82, 2.24) is 9.78 Å². The fourth-order valence-electron chi connectivity index (χ4n) is 1.38. The van der Waals surface area contributed by atoms with E-state index in [2.05, 4.69) is 5.10 Å². The van der Waals surface area contributed by atoms with Gasteiger partial charge in [0.15, 0.2) is 0 Å². The number of rotatable bonds is 2. The van der Waals surface area contributed by atoms with Gasteiger partial charge in [0.1, 0.15) is 0 Å². The number of benzene rings is 1. The molecule has 1 aromatic carbocycles. The molecule has 0 saturated carbocycles. The van der Waals surface area contributed by atoms with Crippen LogP contribution in [0.4, 0.5) is 0 Å². The molecule has 0 bridgehead atoms. The molecule has 2 rings (SSSR count). The number of aryl methyl sites for hydroxylation is 1. The second-order valence-corrected chi connectivity index (χ2v) is 3.28. The van der Waals surface area contributed by atoms with Crippen molar-refractivity contribution in [3.8, 4) is 11.3 Å². The number of nitrogens with zero attached hydrogens (tertiary/aromatic N) is 2. The summed E-state index contributed by atoms with van der Waals surface area (Å²) in [5.74, 6) is 0. The van der Waals surface area contributed by atoms with E-state index in [-0.39, 0.29) is 0 Å². The van der Waals surface area contributed by atoms with Crippen LogP contribution >= 0.6 is 0 Å². The lowest BCUT2D eigenvalue weighted by atomic mass is 10.1. The summed E-state index contributed by atoms with van der Waals surface area (Å²) in [5.41, 5.74) is 8.79. The van der Waals surface area contributed by atoms with Crippen molar-refractivity contribution in [2.75, 3.05) is 0 Å². The minimum absolute atomic E-state index is 0.586. The maximum Gasteiger partial charge on any atom is 0.0923 e. The van der Waals surface area contributed by atoms with E-state index in [4.69, 9.17) is 5.73 Å². The molecule has 1 aromatic heterocycles. The molecule has 3 heteroatoms. The van der Waals surface area contributed by atoms with Gasteiger partial charge in [0.25, 0.3) is 0 Å². The summed E-state index contributed by atoms with van der Waals surface area (Å²) in [5, 5.41) is 4.32. The van der Waals surface area contributed by atoms with E-state index < -0.39 is 0 Å². The molecule has 0 radical (unpaired) electrons. The summed E-state index contributed by atoms with van der Waals surface area (Å²) in [6.45, 7) is 0.586. The van der Waals surface area contributed by atoms with Crippen molar-refractivity contribution >= 4 is 0 Å². The zero-order valence-electron chi connectivity index (χ0n) is 8.14. The number of hydrogen-bond acceptors (Lipinski definition) is 2. The molecule has 0 aliphatic heterocycles. The van der Waals surface area contributed by atoms with E-state index >= 15 is 0 Å². The van der Waals surface area contributed by atoms with Crippen molar-refractivity contribution in [3.63, 3.8) is 0 Å². The molecule has 0 fully saturated rings. The predicted octanol–water partition coefficient (Wildman–Crippen LogP) is 1.55. The lowest BCUT2D eigenvalue weighted by Crippen LogP contribution is -1.95. The largest absolute Gasteiger partial charge is 0.326 e. The van der Waals surface area contributed by atoms with Gasteiger partial charge in [0.2, 0.25) is 0 Å². The fraction of sp³-hybridized carbons (Fsp3) is 0.182. The molecule has 2 N–H and O–H groups in total. The van der Waals surface area contributed by atoms with Gasteiger partial charge in [-0.3, -0.25) is 4.68 Å². The van der Waals surface area contributed by atoms with Crippen LogP contribution in [0, 0.1) is 0 Å². The Morgan fingerprint density at radius 1 is 1.21 bits per heavy atom. The number of aromatic nitrogens is 2. The van der Waals surface area contributed by atoms with Crippen molar-refractivity contribution in [2.45, 2.75) is 6.54 Å². The van der Waals surface area contributed by atoms with Crippen LogP contribution in [-0.4, -0.2) is 9.78 Å². The Morgan fingerprint density at radius 3 is 2.43 bits per heavy atom. The van der Waals surface area contributed by atoms with E-state index in [1.165, 1.54) is 0 Å². The fourth-order valence-corrected chi connectivity index (χ4v) is 1.38. The highest BCUT2D eigenvalue weighted by molar-refractivity contribution is 5.58. The van der Waals surface area contributed by atoms with Crippen LogP contribution in [0.5, 0.6) is 0 Å². The van der Waals surface area contributed by atoms with E-state index in [9.17, 15) is 0 Å². The molecule has 14 heavy (non-hydrogen) atoms. The molecule has 72 valence electrons. The highest BCUT2D eigenvalue weighted by atomic mass is 15.2. The Kier molecular flexibility index (Phi) is 2.33. The van der Waals surface area contributed by atoms with Gasteiger partial charge in [-0.1, -0.05) is 24.3 Å². The summed E-state index contributed by atoms with van der Waals surface area (Å²) in [6, 6.07) is 10.2. The van der Waals surface area contributed by atoms with Gasteiger partial charge in [0.05, 0.1) is 5.69 Å². The molecule has 0 unspecified atom stereocenters. The van der Waals surface area contributed by atoms with Gasteiger partial charge in [-0.25, -0.2) is 0 Å². The molecule has 0 spiro atoms. The molecule has 2 aromatic rings. The Balaban J connectivity index is 2.33. The minimum atomic E-state index is 0.586. The zero-order valence-corrected chi connectivity index (χ0v) is 8.14. The smallest absolute Gasteiger partial charge is 0.0923 e. The van der Waals surface area contributed by atoms with Crippen molar-refractivity contribution in [3.05, 3.63) is 42.1 Å². The monoisotopic (exact) mass is 187 g/mol. The maximum atomic E-state index is 5.52. The Morgan fingerprint density at radius 2 is 1.93 bits per heavy atom. The average molecular weight is 187 g/mol. The van der Waals surface area contributed by atoms with E-state index in [0.29, 0.717) is 6.54 Å². The van der Waals surface area contributed by atoms with Gasteiger partial charge < -0.3 is 5.73 Å². The van der Waals surface area contributed by atoms with E-state index in [0.717, 1.165) is 16.8 Å². The third kappa shape index (κ3) is 1.67. The normalized spacial score (nSPS) is 10.4. The standard InChI is InChI=1S/C11H13N3/c1-14-7-6-11(13-14)10-4-2-9(8-12)3-5-10/h2-7H,8,12H2,1H3. The molecule has 1 heterocycles. The van der Waals surface area contributed by atoms with Crippen molar-refractivity contribution in [2.24, 2.45) is 12.8 Å². The van der Waals surface area contributed by atoms with Crippen LogP contribution in [0.15, 0.2) is 36.5 Å². The number of nitrogens with two attached hydrogens (primary N) is 1. The first-order chi connectivity index (χ1) is 6.79. The SMILES string of the molecule is Cn1ccc(-c2ccc(CN)cc2)n1. The van der Waals surface area contributed by atoms with E-state index in [1.807, 2.05) is 43.6 Å². The summed E-state index contributed by atoms with van der Waals surface area (Å²) in [4.78, 5) is 0. The van der Waals surface area contributed by atoms with Crippen LogP contribution in [0.1, 0.15) is 5.56 Å². The Hall–Kier alpha value is -1.61. The average Bonchev–Trinajstić information content (AvgIpc) is 2.65. The van der Waals surface area contributed by atoms with Crippen LogP contribution < -0.4 is 5.73 Å². The minimum Gasteiger partial charge on any atom is -0.326 e. The molecular formula is C11H13N3. The zero-order chi connectivity index (χ0) is 9.97. The molecule has 0 aliphatic rings. The summed E-state index contributed by atoms with van der Waals surface area (Å²) in [6.07, 6.45) is 1.94. The molecule has 0 aliphatic carbocycles. The van der Waals surface area contributed by atoms with Gasteiger partial charge >= 0.3 is 0 Å². The molecule has 3 nitrogen and oxygen atoms in total. The highest BCUT2D eigenvalue weighted by Gasteiger charge is 1.99. The first-order valence-electron chi connectivity index (χ1n) is 4.58. The highest BCUT2D eigenvalue weighted by Crippen LogP contribution is 2.16. The molecule has 0 atom stereocenters. The van der Waals surface area contributed by atoms with Crippen LogP contribution in [-0.2, 0) is 13.6 Å².